The summed E-state index contributed by atoms with van der Waals surface area (Å²) in [4.78, 5) is 8.90. The molecule has 0 aliphatic carbocycles. The zero-order chi connectivity index (χ0) is 6.08. The molecule has 0 aromatic rings. The number of alkyl halides is 3. The molecular weight excluding hydrogens is 318 g/mol. The molecule has 0 heterocycles. The second-order valence-electron chi connectivity index (χ2n) is 0.803. The molecule has 0 unspecified atom stereocenters. The Morgan fingerprint density at radius 2 is 1.18 bits per heavy atom. The molecule has 0 radical (unpaired) electrons. The van der Waals surface area contributed by atoms with Crippen molar-refractivity contribution in [2.45, 2.75) is 6.18 Å². The van der Waals surface area contributed by atoms with E-state index in [0.717, 1.165) is 0 Å². The number of hydrogen-bond donors (Lipinski definition) is 1. The molecule has 0 aromatic carbocycles. The molecule has 7 N–H and O–H groups in total. The average Bonchev–Trinajstić information content (AvgIpc) is 1.31. The number of halogens is 3. The van der Waals surface area contributed by atoms with Crippen molar-refractivity contribution in [2.24, 2.45) is 0 Å². The van der Waals surface area contributed by atoms with Crippen LogP contribution in [0.25, 0.3) is 0 Å². The van der Waals surface area contributed by atoms with Crippen LogP contribution < -0.4 is 0 Å². The van der Waals surface area contributed by atoms with E-state index < -0.39 is 12.1 Å². The van der Waals surface area contributed by atoms with E-state index in [0.29, 0.717) is 0 Å². The third-order valence-electron chi connectivity index (χ3n) is 0.243. The van der Waals surface area contributed by atoms with E-state index in [9.17, 15) is 13.2 Å². The van der Waals surface area contributed by atoms with Crippen molar-refractivity contribution in [3.8, 4) is 0 Å². The molecule has 0 atom stereocenters. The molecule has 0 bridgehead atoms. The quantitative estimate of drug-likeness (QED) is 0.560. The van der Waals surface area contributed by atoms with Crippen molar-refractivity contribution in [1.82, 2.24) is 0 Å². The van der Waals surface area contributed by atoms with Crippen molar-refractivity contribution in [2.75, 3.05) is 0 Å². The van der Waals surface area contributed by atoms with Gasteiger partial charge < -0.3 is 21.5 Å². The van der Waals surface area contributed by atoms with Gasteiger partial charge in [0.15, 0.2) is 0 Å². The van der Waals surface area contributed by atoms with Crippen LogP contribution in [0.15, 0.2) is 0 Å². The Balaban J connectivity index is -0.0000000300. The van der Waals surface area contributed by atoms with Gasteiger partial charge >= 0.3 is 12.1 Å². The van der Waals surface area contributed by atoms with Crippen molar-refractivity contribution in [3.05, 3.63) is 0 Å². The smallest absolute Gasteiger partial charge is 0.475 e. The van der Waals surface area contributed by atoms with Crippen molar-refractivity contribution < 1.29 is 79.4 Å². The van der Waals surface area contributed by atoms with Gasteiger partial charge in [0.1, 0.15) is 0 Å². The number of hydrogen-bond acceptors (Lipinski definition) is 1. The fraction of sp³-hybridized carbons (Fsp3) is 0.500. The van der Waals surface area contributed by atoms with Crippen LogP contribution in [0.1, 0.15) is 0 Å². The standard InChI is InChI=1S/C2HF3O2.Gd.3H2O/c3-2(4,5)1(6)7;;;;/h(H,6,7);;3*1H2. The molecule has 0 spiro atoms. The summed E-state index contributed by atoms with van der Waals surface area (Å²) in [5.41, 5.74) is 0. The van der Waals surface area contributed by atoms with E-state index >= 15 is 0 Å². The summed E-state index contributed by atoms with van der Waals surface area (Å²) in [6, 6.07) is 0. The van der Waals surface area contributed by atoms with Crippen LogP contribution in [0.5, 0.6) is 0 Å². The largest absolute Gasteiger partial charge is 0.490 e. The van der Waals surface area contributed by atoms with Crippen molar-refractivity contribution in [1.29, 1.82) is 0 Å². The minimum atomic E-state index is -5.08. The fourth-order valence-corrected chi connectivity index (χ4v) is 0. The Labute approximate surface area is 91.2 Å². The predicted molar refractivity (Wildman–Crippen MR) is 24.5 cm³/mol. The van der Waals surface area contributed by atoms with Crippen LogP contribution in [0.4, 0.5) is 13.2 Å². The molecule has 0 fully saturated rings. The third kappa shape index (κ3) is 17.9. The van der Waals surface area contributed by atoms with Gasteiger partial charge in [0.2, 0.25) is 0 Å². The molecule has 11 heavy (non-hydrogen) atoms. The van der Waals surface area contributed by atoms with Gasteiger partial charge in [-0.2, -0.15) is 13.2 Å². The van der Waals surface area contributed by atoms with Gasteiger partial charge in [0.05, 0.1) is 0 Å². The second kappa shape index (κ2) is 10.5. The van der Waals surface area contributed by atoms with Gasteiger partial charge in [-0.3, -0.25) is 0 Å². The van der Waals surface area contributed by atoms with E-state index in [1.54, 1.807) is 0 Å². The molecule has 0 aromatic heterocycles. The van der Waals surface area contributed by atoms with Crippen LogP contribution in [0.3, 0.4) is 0 Å². The Bertz CT molecular complexity index is 92.2. The van der Waals surface area contributed by atoms with Gasteiger partial charge in [-0.15, -0.1) is 0 Å². The third-order valence-corrected chi connectivity index (χ3v) is 0.243. The van der Waals surface area contributed by atoms with E-state index in [1.807, 2.05) is 0 Å². The molecule has 0 aliphatic heterocycles. The number of rotatable bonds is 0. The minimum absolute atomic E-state index is 0. The topological polar surface area (TPSA) is 132 Å². The number of carboxylic acid groups (broad SMARTS) is 1. The van der Waals surface area contributed by atoms with Crippen LogP contribution >= 0.6 is 0 Å². The first kappa shape index (κ1) is 30.0. The summed E-state index contributed by atoms with van der Waals surface area (Å²) >= 11 is 0. The number of carbonyl (C=O) groups is 1. The van der Waals surface area contributed by atoms with Gasteiger partial charge in [-0.25, -0.2) is 4.79 Å². The summed E-state index contributed by atoms with van der Waals surface area (Å²) in [7, 11) is 0. The summed E-state index contributed by atoms with van der Waals surface area (Å²) in [5.74, 6) is -2.76. The molecule has 0 amide bonds. The maximum Gasteiger partial charge on any atom is 0.490 e. The molecule has 0 saturated heterocycles. The van der Waals surface area contributed by atoms with Crippen molar-refractivity contribution >= 4 is 5.97 Å². The number of aliphatic carboxylic acids is 1. The summed E-state index contributed by atoms with van der Waals surface area (Å²) in [6.07, 6.45) is -5.08. The first-order valence-corrected chi connectivity index (χ1v) is 1.24. The molecule has 0 saturated carbocycles. The van der Waals surface area contributed by atoms with Crippen LogP contribution in [0, 0.1) is 39.9 Å². The van der Waals surface area contributed by atoms with Crippen LogP contribution in [-0.2, 0) is 4.79 Å². The Hall–Kier alpha value is 0.465. The summed E-state index contributed by atoms with van der Waals surface area (Å²) in [5, 5.41) is 7.12. The second-order valence-corrected chi connectivity index (χ2v) is 0.803. The van der Waals surface area contributed by atoms with Crippen LogP contribution in [0.2, 0.25) is 0 Å². The molecule has 0 rings (SSSR count). The Kier molecular flexibility index (Phi) is 28.6. The fourth-order valence-electron chi connectivity index (χ4n) is 0. The van der Waals surface area contributed by atoms with Gasteiger partial charge in [-0.1, -0.05) is 0 Å². The van der Waals surface area contributed by atoms with Gasteiger partial charge in [-0.05, 0) is 0 Å². The summed E-state index contributed by atoms with van der Waals surface area (Å²) in [6.45, 7) is 0. The maximum absolute atomic E-state index is 10.6. The van der Waals surface area contributed by atoms with Gasteiger partial charge in [0, 0.05) is 39.9 Å². The predicted octanol–water partition coefficient (Wildman–Crippen LogP) is -1.84. The first-order valence-electron chi connectivity index (χ1n) is 1.24. The maximum atomic E-state index is 10.6. The van der Waals surface area contributed by atoms with E-state index in [4.69, 9.17) is 9.90 Å². The molecule has 5 nitrogen and oxygen atoms in total. The SMILES string of the molecule is O.O.O.O=C(O)C(F)(F)F.[Gd]. The Morgan fingerprint density at radius 1 is 1.09 bits per heavy atom. The first-order chi connectivity index (χ1) is 2.94. The van der Waals surface area contributed by atoms with Crippen LogP contribution in [-0.4, -0.2) is 33.7 Å². The molecule has 74 valence electrons. The monoisotopic (exact) mass is 326 g/mol. The Morgan fingerprint density at radius 3 is 1.18 bits per heavy atom. The van der Waals surface area contributed by atoms with E-state index in [2.05, 4.69) is 0 Å². The zero-order valence-corrected chi connectivity index (χ0v) is 7.11. The number of carboxylic acids is 1. The normalized spacial score (nSPS) is 7.18. The minimum Gasteiger partial charge on any atom is -0.475 e. The molecule has 0 aliphatic rings. The van der Waals surface area contributed by atoms with Gasteiger partial charge in [0.25, 0.3) is 0 Å². The average molecular weight is 325 g/mol. The summed E-state index contributed by atoms with van der Waals surface area (Å²) < 4.78 is 31.7. The van der Waals surface area contributed by atoms with E-state index in [-0.39, 0.29) is 56.4 Å². The molecule has 9 heteroatoms. The van der Waals surface area contributed by atoms with E-state index in [1.165, 1.54) is 0 Å². The zero-order valence-electron chi connectivity index (χ0n) is 4.84. The van der Waals surface area contributed by atoms with Crippen molar-refractivity contribution in [3.63, 3.8) is 0 Å². The molecular formula is C2H7F3GdO5.